The summed E-state index contributed by atoms with van der Waals surface area (Å²) in [6.07, 6.45) is 0. The van der Waals surface area contributed by atoms with Crippen LogP contribution in [0.1, 0.15) is 23.9 Å². The fourth-order valence-corrected chi connectivity index (χ4v) is 2.57. The van der Waals surface area contributed by atoms with E-state index in [0.717, 1.165) is 33.9 Å². The molecule has 0 saturated carbocycles. The SMILES string of the molecule is CCOc1cc(C)nn1-c1cc(C)nc2c(C)cccc12. The Kier molecular flexibility index (Phi) is 3.37. The first-order chi connectivity index (χ1) is 10.1. The Balaban J connectivity index is 2.32. The number of hydrogen-bond acceptors (Lipinski definition) is 3. The molecule has 0 unspecified atom stereocenters. The van der Waals surface area contributed by atoms with Gasteiger partial charge < -0.3 is 4.74 Å². The van der Waals surface area contributed by atoms with Crippen molar-refractivity contribution in [3.8, 4) is 11.6 Å². The Hall–Kier alpha value is -2.36. The molecule has 0 radical (unpaired) electrons. The highest BCUT2D eigenvalue weighted by Crippen LogP contribution is 2.28. The van der Waals surface area contributed by atoms with Crippen LogP contribution in [-0.4, -0.2) is 21.4 Å². The Morgan fingerprint density at radius 1 is 1.10 bits per heavy atom. The van der Waals surface area contributed by atoms with Crippen LogP contribution in [0.2, 0.25) is 0 Å². The van der Waals surface area contributed by atoms with Crippen LogP contribution < -0.4 is 4.74 Å². The molecule has 0 spiro atoms. The third kappa shape index (κ3) is 2.37. The van der Waals surface area contributed by atoms with Crippen molar-refractivity contribution in [1.82, 2.24) is 14.8 Å². The number of aromatic nitrogens is 3. The van der Waals surface area contributed by atoms with Crippen LogP contribution in [-0.2, 0) is 0 Å². The normalized spacial score (nSPS) is 11.0. The largest absolute Gasteiger partial charge is 0.478 e. The molecule has 4 nitrogen and oxygen atoms in total. The smallest absolute Gasteiger partial charge is 0.216 e. The fraction of sp³-hybridized carbons (Fsp3) is 0.294. The number of hydrogen-bond donors (Lipinski definition) is 0. The third-order valence-corrected chi connectivity index (χ3v) is 3.47. The molecular formula is C17H19N3O. The lowest BCUT2D eigenvalue weighted by Gasteiger charge is -2.12. The number of aryl methyl sites for hydroxylation is 3. The molecule has 21 heavy (non-hydrogen) atoms. The summed E-state index contributed by atoms with van der Waals surface area (Å²) < 4.78 is 7.58. The van der Waals surface area contributed by atoms with Gasteiger partial charge in [-0.25, -0.2) is 4.68 Å². The molecule has 3 rings (SSSR count). The zero-order chi connectivity index (χ0) is 15.0. The molecule has 0 atom stereocenters. The number of rotatable bonds is 3. The molecule has 0 fully saturated rings. The van der Waals surface area contributed by atoms with Crippen LogP contribution in [0.25, 0.3) is 16.6 Å². The summed E-state index contributed by atoms with van der Waals surface area (Å²) in [5.74, 6) is 0.767. The molecule has 0 amide bonds. The summed E-state index contributed by atoms with van der Waals surface area (Å²) in [7, 11) is 0. The number of benzene rings is 1. The van der Waals surface area contributed by atoms with Gasteiger partial charge in [-0.2, -0.15) is 5.10 Å². The maximum absolute atomic E-state index is 5.71. The molecule has 108 valence electrons. The quantitative estimate of drug-likeness (QED) is 0.734. The number of fused-ring (bicyclic) bond motifs is 1. The minimum absolute atomic E-state index is 0.617. The van der Waals surface area contributed by atoms with E-state index >= 15 is 0 Å². The molecule has 4 heteroatoms. The van der Waals surface area contributed by atoms with Gasteiger partial charge in [-0.05, 0) is 39.3 Å². The van der Waals surface area contributed by atoms with Crippen LogP contribution in [0.4, 0.5) is 0 Å². The van der Waals surface area contributed by atoms with Crippen LogP contribution >= 0.6 is 0 Å². The average Bonchev–Trinajstić information content (AvgIpc) is 2.80. The van der Waals surface area contributed by atoms with Gasteiger partial charge in [-0.15, -0.1) is 0 Å². The zero-order valence-electron chi connectivity index (χ0n) is 12.8. The second-order valence-corrected chi connectivity index (χ2v) is 5.22. The Bertz CT molecular complexity index is 805. The molecule has 0 aliphatic rings. The van der Waals surface area contributed by atoms with Crippen molar-refractivity contribution >= 4 is 10.9 Å². The van der Waals surface area contributed by atoms with E-state index < -0.39 is 0 Å². The maximum Gasteiger partial charge on any atom is 0.216 e. The molecule has 2 aromatic heterocycles. The molecule has 0 saturated heterocycles. The van der Waals surface area contributed by atoms with E-state index in [1.54, 1.807) is 0 Å². The lowest BCUT2D eigenvalue weighted by molar-refractivity contribution is 0.317. The zero-order valence-corrected chi connectivity index (χ0v) is 12.8. The molecule has 0 aliphatic carbocycles. The molecule has 0 N–H and O–H groups in total. The minimum Gasteiger partial charge on any atom is -0.478 e. The summed E-state index contributed by atoms with van der Waals surface area (Å²) >= 11 is 0. The standard InChI is InChI=1S/C17H19N3O/c1-5-21-16-10-13(4)19-20(16)15-9-12(3)18-17-11(2)7-6-8-14(15)17/h6-10H,5H2,1-4H3. The van der Waals surface area contributed by atoms with Crippen LogP contribution in [0.3, 0.4) is 0 Å². The lowest BCUT2D eigenvalue weighted by atomic mass is 10.1. The predicted octanol–water partition coefficient (Wildman–Crippen LogP) is 3.74. The third-order valence-electron chi connectivity index (χ3n) is 3.47. The number of para-hydroxylation sites is 1. The average molecular weight is 281 g/mol. The summed E-state index contributed by atoms with van der Waals surface area (Å²) in [6.45, 7) is 8.65. The summed E-state index contributed by atoms with van der Waals surface area (Å²) in [4.78, 5) is 4.66. The van der Waals surface area contributed by atoms with Gasteiger partial charge in [-0.3, -0.25) is 4.98 Å². The van der Waals surface area contributed by atoms with E-state index in [1.807, 2.05) is 31.5 Å². The minimum atomic E-state index is 0.617. The highest BCUT2D eigenvalue weighted by Gasteiger charge is 2.13. The van der Waals surface area contributed by atoms with Crippen molar-refractivity contribution in [3.05, 3.63) is 47.3 Å². The van der Waals surface area contributed by atoms with E-state index in [1.165, 1.54) is 5.56 Å². The Morgan fingerprint density at radius 3 is 2.67 bits per heavy atom. The van der Waals surface area contributed by atoms with Gasteiger partial charge in [0, 0.05) is 17.1 Å². The number of pyridine rings is 1. The van der Waals surface area contributed by atoms with E-state index in [2.05, 4.69) is 41.3 Å². The van der Waals surface area contributed by atoms with Crippen molar-refractivity contribution in [1.29, 1.82) is 0 Å². The van der Waals surface area contributed by atoms with Gasteiger partial charge in [0.1, 0.15) is 0 Å². The monoisotopic (exact) mass is 281 g/mol. The predicted molar refractivity (Wildman–Crippen MR) is 84.2 cm³/mol. The van der Waals surface area contributed by atoms with Crippen LogP contribution in [0, 0.1) is 20.8 Å². The summed E-state index contributed by atoms with van der Waals surface area (Å²) in [6, 6.07) is 10.2. The Morgan fingerprint density at radius 2 is 1.90 bits per heavy atom. The highest BCUT2D eigenvalue weighted by molar-refractivity contribution is 5.89. The second-order valence-electron chi connectivity index (χ2n) is 5.22. The van der Waals surface area contributed by atoms with Gasteiger partial charge in [0.05, 0.1) is 23.5 Å². The van der Waals surface area contributed by atoms with Crippen molar-refractivity contribution in [2.24, 2.45) is 0 Å². The molecule has 3 aromatic rings. The van der Waals surface area contributed by atoms with Crippen molar-refractivity contribution in [2.75, 3.05) is 6.61 Å². The Labute approximate surface area is 124 Å². The molecular weight excluding hydrogens is 262 g/mol. The second kappa shape index (κ2) is 5.20. The van der Waals surface area contributed by atoms with Gasteiger partial charge in [0.15, 0.2) is 0 Å². The fourth-order valence-electron chi connectivity index (χ4n) is 2.57. The van der Waals surface area contributed by atoms with Crippen molar-refractivity contribution in [3.63, 3.8) is 0 Å². The maximum atomic E-state index is 5.71. The van der Waals surface area contributed by atoms with E-state index in [-0.39, 0.29) is 0 Å². The van der Waals surface area contributed by atoms with Crippen LogP contribution in [0.5, 0.6) is 5.88 Å². The van der Waals surface area contributed by atoms with Crippen molar-refractivity contribution < 1.29 is 4.74 Å². The van der Waals surface area contributed by atoms with E-state index in [4.69, 9.17) is 4.74 Å². The van der Waals surface area contributed by atoms with Gasteiger partial charge >= 0.3 is 0 Å². The number of ether oxygens (including phenoxy) is 1. The molecule has 1 aromatic carbocycles. The van der Waals surface area contributed by atoms with Gasteiger partial charge in [-0.1, -0.05) is 18.2 Å². The van der Waals surface area contributed by atoms with E-state index in [0.29, 0.717) is 6.61 Å². The molecule has 0 bridgehead atoms. The topological polar surface area (TPSA) is 39.9 Å². The lowest BCUT2D eigenvalue weighted by Crippen LogP contribution is -2.04. The van der Waals surface area contributed by atoms with Crippen molar-refractivity contribution in [2.45, 2.75) is 27.7 Å². The highest BCUT2D eigenvalue weighted by atomic mass is 16.5. The molecule has 0 aliphatic heterocycles. The first-order valence-electron chi connectivity index (χ1n) is 7.17. The summed E-state index contributed by atoms with van der Waals surface area (Å²) in [5.41, 5.74) is 5.11. The van der Waals surface area contributed by atoms with Gasteiger partial charge in [0.2, 0.25) is 5.88 Å². The number of nitrogens with zero attached hydrogens (tertiary/aromatic N) is 3. The van der Waals surface area contributed by atoms with Crippen LogP contribution in [0.15, 0.2) is 30.3 Å². The first kappa shape index (κ1) is 13.6. The first-order valence-corrected chi connectivity index (χ1v) is 7.17. The summed E-state index contributed by atoms with van der Waals surface area (Å²) in [5, 5.41) is 5.67. The van der Waals surface area contributed by atoms with E-state index in [9.17, 15) is 0 Å². The molecule has 2 heterocycles. The van der Waals surface area contributed by atoms with Gasteiger partial charge in [0.25, 0.3) is 0 Å².